The maximum absolute atomic E-state index is 13.5. The lowest BCUT2D eigenvalue weighted by Gasteiger charge is -2.34. The first-order chi connectivity index (χ1) is 11.4. The Morgan fingerprint density at radius 3 is 2.42 bits per heavy atom. The van der Waals surface area contributed by atoms with Crippen LogP contribution in [-0.2, 0) is 9.59 Å². The van der Waals surface area contributed by atoms with Crippen LogP contribution in [0.15, 0.2) is 23.3 Å². The molecule has 2 atom stereocenters. The van der Waals surface area contributed by atoms with Crippen molar-refractivity contribution in [1.82, 2.24) is 5.01 Å². The van der Waals surface area contributed by atoms with E-state index in [1.54, 1.807) is 6.21 Å². The number of hydrogen-bond donors (Lipinski definition) is 1. The summed E-state index contributed by atoms with van der Waals surface area (Å²) in [5, 5.41) is 14.7. The van der Waals surface area contributed by atoms with Gasteiger partial charge in [0.25, 0.3) is 0 Å². The SMILES string of the molecule is O=C(C1CC2(C(=O)O)CC1C2)N1N=CCC1c1cc(F)cc(F)c1. The molecule has 4 aliphatic rings. The van der Waals surface area contributed by atoms with Crippen molar-refractivity contribution < 1.29 is 23.5 Å². The summed E-state index contributed by atoms with van der Waals surface area (Å²) in [5.74, 6) is -2.80. The molecule has 5 rings (SSSR count). The Bertz CT molecular complexity index is 738. The highest BCUT2D eigenvalue weighted by Crippen LogP contribution is 2.62. The molecule has 0 spiro atoms. The van der Waals surface area contributed by atoms with E-state index in [1.165, 1.54) is 17.1 Å². The van der Waals surface area contributed by atoms with Crippen molar-refractivity contribution in [2.45, 2.75) is 31.7 Å². The summed E-state index contributed by atoms with van der Waals surface area (Å²) in [6.07, 6.45) is 3.31. The van der Waals surface area contributed by atoms with Gasteiger partial charge in [-0.05, 0) is 42.9 Å². The third-order valence-electron chi connectivity index (χ3n) is 5.58. The monoisotopic (exact) mass is 334 g/mol. The van der Waals surface area contributed by atoms with Gasteiger partial charge in [-0.2, -0.15) is 5.10 Å². The van der Waals surface area contributed by atoms with E-state index in [0.29, 0.717) is 31.2 Å². The molecule has 2 bridgehead atoms. The summed E-state index contributed by atoms with van der Waals surface area (Å²) in [6.45, 7) is 0. The van der Waals surface area contributed by atoms with Gasteiger partial charge < -0.3 is 5.11 Å². The number of hydrogen-bond acceptors (Lipinski definition) is 3. The van der Waals surface area contributed by atoms with E-state index in [0.717, 1.165) is 6.07 Å². The second-order valence-corrected chi connectivity index (χ2v) is 7.00. The van der Waals surface area contributed by atoms with E-state index in [2.05, 4.69) is 5.10 Å². The number of carboxylic acids is 1. The quantitative estimate of drug-likeness (QED) is 0.924. The number of benzene rings is 1. The van der Waals surface area contributed by atoms with E-state index >= 15 is 0 Å². The topological polar surface area (TPSA) is 70.0 Å². The largest absolute Gasteiger partial charge is 0.481 e. The van der Waals surface area contributed by atoms with Gasteiger partial charge in [-0.3, -0.25) is 9.59 Å². The molecular formula is C17H16F2N2O3. The molecule has 3 aliphatic carbocycles. The third kappa shape index (κ3) is 2.14. The fourth-order valence-corrected chi connectivity index (χ4v) is 4.37. The van der Waals surface area contributed by atoms with Crippen LogP contribution in [0.5, 0.6) is 0 Å². The molecule has 1 aromatic rings. The highest BCUT2D eigenvalue weighted by Gasteiger charge is 2.63. The lowest BCUT2D eigenvalue weighted by Crippen LogP contribution is -2.37. The number of aliphatic carboxylic acids is 1. The lowest BCUT2D eigenvalue weighted by molar-refractivity contribution is -0.153. The molecule has 3 saturated carbocycles. The first kappa shape index (κ1) is 15.2. The fraction of sp³-hybridized carbons (Fsp3) is 0.471. The molecular weight excluding hydrogens is 318 g/mol. The molecule has 1 N–H and O–H groups in total. The molecule has 7 heteroatoms. The van der Waals surface area contributed by atoms with Crippen LogP contribution >= 0.6 is 0 Å². The standard InChI is InChI=1S/C17H16F2N2O3/c18-11-3-9(4-12(19)5-11)14-1-2-20-21(14)15(22)13-8-17(16(23)24)6-10(13)7-17/h2-5,10,13-14H,1,6-8H2,(H,23,24). The third-order valence-corrected chi connectivity index (χ3v) is 5.58. The Morgan fingerprint density at radius 2 is 1.83 bits per heavy atom. The maximum Gasteiger partial charge on any atom is 0.309 e. The van der Waals surface area contributed by atoms with Crippen LogP contribution in [0.25, 0.3) is 0 Å². The molecule has 1 aromatic carbocycles. The van der Waals surface area contributed by atoms with Crippen LogP contribution in [0.4, 0.5) is 8.78 Å². The number of hydrazone groups is 1. The number of carbonyl (C=O) groups is 2. The van der Waals surface area contributed by atoms with Crippen LogP contribution in [-0.4, -0.2) is 28.2 Å². The number of halogens is 2. The normalized spacial score (nSPS) is 33.6. The predicted molar refractivity (Wildman–Crippen MR) is 80.0 cm³/mol. The minimum Gasteiger partial charge on any atom is -0.481 e. The van der Waals surface area contributed by atoms with Gasteiger partial charge in [0.1, 0.15) is 11.6 Å². The van der Waals surface area contributed by atoms with Gasteiger partial charge in [0, 0.05) is 24.6 Å². The predicted octanol–water partition coefficient (Wildman–Crippen LogP) is 2.72. The van der Waals surface area contributed by atoms with Crippen LogP contribution in [0.1, 0.15) is 37.3 Å². The van der Waals surface area contributed by atoms with Crippen LogP contribution < -0.4 is 0 Å². The van der Waals surface area contributed by atoms with Crippen LogP contribution in [0, 0.1) is 28.9 Å². The summed E-state index contributed by atoms with van der Waals surface area (Å²) < 4.78 is 26.9. The minimum atomic E-state index is -0.845. The van der Waals surface area contributed by atoms with Gasteiger partial charge >= 0.3 is 5.97 Å². The van der Waals surface area contributed by atoms with E-state index < -0.39 is 29.1 Å². The Balaban J connectivity index is 1.56. The first-order valence-electron chi connectivity index (χ1n) is 7.94. The summed E-state index contributed by atoms with van der Waals surface area (Å²) in [4.78, 5) is 24.2. The fourth-order valence-electron chi connectivity index (χ4n) is 4.37. The molecule has 5 nitrogen and oxygen atoms in total. The molecule has 2 unspecified atom stereocenters. The van der Waals surface area contributed by atoms with Crippen molar-refractivity contribution in [2.24, 2.45) is 22.4 Å². The number of fused-ring (bicyclic) bond motifs is 1. The van der Waals surface area contributed by atoms with Crippen molar-refractivity contribution in [3.05, 3.63) is 35.4 Å². The zero-order valence-corrected chi connectivity index (χ0v) is 12.8. The highest BCUT2D eigenvalue weighted by atomic mass is 19.1. The average Bonchev–Trinajstić information content (AvgIpc) is 3.17. The molecule has 24 heavy (non-hydrogen) atoms. The summed E-state index contributed by atoms with van der Waals surface area (Å²) in [5.41, 5.74) is -0.411. The number of nitrogens with zero attached hydrogens (tertiary/aromatic N) is 2. The van der Waals surface area contributed by atoms with E-state index in [-0.39, 0.29) is 17.7 Å². The van der Waals surface area contributed by atoms with Gasteiger partial charge in [0.2, 0.25) is 5.91 Å². The smallest absolute Gasteiger partial charge is 0.309 e. The molecule has 0 radical (unpaired) electrons. The van der Waals surface area contributed by atoms with Gasteiger partial charge in [-0.1, -0.05) is 0 Å². The number of carbonyl (C=O) groups excluding carboxylic acids is 1. The zero-order valence-electron chi connectivity index (χ0n) is 12.8. The summed E-state index contributed by atoms with van der Waals surface area (Å²) in [6, 6.07) is 2.65. The van der Waals surface area contributed by atoms with Crippen molar-refractivity contribution in [2.75, 3.05) is 0 Å². The van der Waals surface area contributed by atoms with E-state index in [4.69, 9.17) is 0 Å². The molecule has 0 aromatic heterocycles. The zero-order chi connectivity index (χ0) is 17.1. The Morgan fingerprint density at radius 1 is 1.17 bits per heavy atom. The van der Waals surface area contributed by atoms with Gasteiger partial charge in [-0.25, -0.2) is 13.8 Å². The molecule has 1 aliphatic heterocycles. The Labute approximate surface area is 137 Å². The summed E-state index contributed by atoms with van der Waals surface area (Å²) >= 11 is 0. The van der Waals surface area contributed by atoms with E-state index in [1.807, 2.05) is 0 Å². The van der Waals surface area contributed by atoms with Crippen molar-refractivity contribution in [3.8, 4) is 0 Å². The van der Waals surface area contributed by atoms with E-state index in [9.17, 15) is 23.5 Å². The first-order valence-corrected chi connectivity index (χ1v) is 7.94. The second-order valence-electron chi connectivity index (χ2n) is 7.00. The highest BCUT2D eigenvalue weighted by molar-refractivity contribution is 5.86. The number of rotatable bonds is 3. The van der Waals surface area contributed by atoms with Crippen LogP contribution in [0.2, 0.25) is 0 Å². The molecule has 1 heterocycles. The van der Waals surface area contributed by atoms with Crippen molar-refractivity contribution in [1.29, 1.82) is 0 Å². The Hall–Kier alpha value is -2.31. The lowest BCUT2D eigenvalue weighted by atomic mass is 9.69. The number of amides is 1. The molecule has 126 valence electrons. The van der Waals surface area contributed by atoms with Crippen LogP contribution in [0.3, 0.4) is 0 Å². The Kier molecular flexibility index (Phi) is 3.23. The molecule has 0 saturated heterocycles. The number of carboxylic acid groups (broad SMARTS) is 1. The van der Waals surface area contributed by atoms with Crippen molar-refractivity contribution >= 4 is 18.1 Å². The maximum atomic E-state index is 13.5. The minimum absolute atomic E-state index is 0.0642. The molecule has 1 amide bonds. The molecule has 3 fully saturated rings. The second kappa shape index (κ2) is 5.09. The van der Waals surface area contributed by atoms with Gasteiger partial charge in [0.15, 0.2) is 0 Å². The summed E-state index contributed by atoms with van der Waals surface area (Å²) in [7, 11) is 0. The average molecular weight is 334 g/mol. The van der Waals surface area contributed by atoms with Gasteiger partial charge in [0.05, 0.1) is 11.5 Å². The van der Waals surface area contributed by atoms with Crippen molar-refractivity contribution in [3.63, 3.8) is 0 Å². The van der Waals surface area contributed by atoms with Gasteiger partial charge in [-0.15, -0.1) is 0 Å².